The topological polar surface area (TPSA) is 64.4 Å². The standard InChI is InChI=1S/C33H46N2O2S2/c1-8-12-13-30(34)38-29-21-26(15-14-25(29)7)22-31(36)35-33(24(6)11-4)39-32(23(5)10-3)27-16-18-28(19-17-27)37-20-9-2/h13-19,21H,8-12,20,22,34H2,1-7H3,(H,35,36)/b30-13+,32-23-,33-24+. The number of nitrogens with two attached hydrogens (primary N) is 1. The van der Waals surface area contributed by atoms with Gasteiger partial charge in [-0.3, -0.25) is 4.79 Å². The number of allylic oxidation sites excluding steroid dienone is 3. The highest BCUT2D eigenvalue weighted by atomic mass is 32.2. The van der Waals surface area contributed by atoms with E-state index in [2.05, 4.69) is 84.1 Å². The van der Waals surface area contributed by atoms with Crippen molar-refractivity contribution in [3.63, 3.8) is 0 Å². The molecule has 3 N–H and O–H groups in total. The third-order valence-corrected chi connectivity index (χ3v) is 8.87. The molecule has 0 fully saturated rings. The van der Waals surface area contributed by atoms with Crippen LogP contribution in [-0.4, -0.2) is 12.5 Å². The molecule has 0 spiro atoms. The van der Waals surface area contributed by atoms with Crippen LogP contribution < -0.4 is 15.8 Å². The molecule has 39 heavy (non-hydrogen) atoms. The second kappa shape index (κ2) is 17.2. The smallest absolute Gasteiger partial charge is 0.229 e. The van der Waals surface area contributed by atoms with Gasteiger partial charge in [-0.05, 0) is 86.9 Å². The van der Waals surface area contributed by atoms with Crippen LogP contribution in [0.25, 0.3) is 4.91 Å². The van der Waals surface area contributed by atoms with Crippen LogP contribution in [0.15, 0.2) is 74.6 Å². The fraction of sp³-hybridized carbons (Fsp3) is 0.424. The van der Waals surface area contributed by atoms with Gasteiger partial charge in [-0.15, -0.1) is 0 Å². The molecule has 0 radical (unpaired) electrons. The van der Waals surface area contributed by atoms with Crippen molar-refractivity contribution in [2.75, 3.05) is 6.61 Å². The minimum atomic E-state index is -0.0172. The van der Waals surface area contributed by atoms with Gasteiger partial charge in [-0.2, -0.15) is 0 Å². The van der Waals surface area contributed by atoms with Crippen molar-refractivity contribution in [3.05, 3.63) is 86.4 Å². The van der Waals surface area contributed by atoms with Gasteiger partial charge in [0.05, 0.1) is 23.1 Å². The number of benzene rings is 2. The fourth-order valence-electron chi connectivity index (χ4n) is 3.63. The molecular weight excluding hydrogens is 521 g/mol. The zero-order chi connectivity index (χ0) is 28.8. The summed E-state index contributed by atoms with van der Waals surface area (Å²) < 4.78 is 5.78. The summed E-state index contributed by atoms with van der Waals surface area (Å²) in [5.41, 5.74) is 11.9. The number of rotatable bonds is 15. The van der Waals surface area contributed by atoms with Gasteiger partial charge in [0.1, 0.15) is 5.75 Å². The van der Waals surface area contributed by atoms with Crippen molar-refractivity contribution >= 4 is 34.3 Å². The van der Waals surface area contributed by atoms with Crippen LogP contribution in [0.2, 0.25) is 0 Å². The molecule has 0 aliphatic heterocycles. The van der Waals surface area contributed by atoms with E-state index in [0.717, 1.165) is 75.1 Å². The summed E-state index contributed by atoms with van der Waals surface area (Å²) in [6, 6.07) is 14.5. The van der Waals surface area contributed by atoms with E-state index in [0.29, 0.717) is 13.0 Å². The summed E-state index contributed by atoms with van der Waals surface area (Å²) in [6.07, 6.45) is 7.19. The van der Waals surface area contributed by atoms with Crippen LogP contribution in [0.4, 0.5) is 0 Å². The molecule has 2 aromatic rings. The van der Waals surface area contributed by atoms with Gasteiger partial charge in [0.15, 0.2) is 0 Å². The van der Waals surface area contributed by atoms with Crippen LogP contribution in [0.1, 0.15) is 90.3 Å². The SMILES string of the molecule is CCC/C=C(\N)Sc1cc(CC(=O)N/C(S/C(=C(/C)CC)c2ccc(OCCC)cc2)=C(/C)CC)ccc1C. The highest BCUT2D eigenvalue weighted by Gasteiger charge is 2.15. The van der Waals surface area contributed by atoms with Crippen LogP contribution in [0.3, 0.4) is 0 Å². The Hall–Kier alpha value is -2.57. The molecule has 0 unspecified atom stereocenters. The maximum atomic E-state index is 13.3. The molecule has 0 aliphatic carbocycles. The van der Waals surface area contributed by atoms with Crippen molar-refractivity contribution < 1.29 is 9.53 Å². The van der Waals surface area contributed by atoms with Gasteiger partial charge in [-0.25, -0.2) is 0 Å². The van der Waals surface area contributed by atoms with E-state index < -0.39 is 0 Å². The zero-order valence-electron chi connectivity index (χ0n) is 24.8. The Morgan fingerprint density at radius 2 is 1.67 bits per heavy atom. The lowest BCUT2D eigenvalue weighted by molar-refractivity contribution is -0.119. The number of nitrogens with one attached hydrogen (secondary N) is 1. The van der Waals surface area contributed by atoms with E-state index in [1.165, 1.54) is 10.5 Å². The maximum Gasteiger partial charge on any atom is 0.229 e. The molecule has 4 nitrogen and oxygen atoms in total. The van der Waals surface area contributed by atoms with Crippen molar-refractivity contribution in [2.45, 2.75) is 91.9 Å². The van der Waals surface area contributed by atoms with Gasteiger partial charge in [-0.1, -0.05) is 93.6 Å². The van der Waals surface area contributed by atoms with Gasteiger partial charge in [0, 0.05) is 9.80 Å². The molecule has 0 heterocycles. The van der Waals surface area contributed by atoms with Crippen molar-refractivity contribution in [2.24, 2.45) is 5.73 Å². The maximum absolute atomic E-state index is 13.3. The molecule has 0 atom stereocenters. The number of carbonyl (C=O) groups is 1. The molecule has 0 bridgehead atoms. The quantitative estimate of drug-likeness (QED) is 0.210. The number of aryl methyl sites for hydroxylation is 1. The summed E-state index contributed by atoms with van der Waals surface area (Å²) in [4.78, 5) is 15.5. The minimum absolute atomic E-state index is 0.0172. The average Bonchev–Trinajstić information content (AvgIpc) is 2.94. The number of hydrogen-bond donors (Lipinski definition) is 2. The molecule has 1 amide bonds. The number of ether oxygens (including phenoxy) is 1. The Labute approximate surface area is 244 Å². The first kappa shape index (κ1) is 32.6. The van der Waals surface area contributed by atoms with Gasteiger partial charge in [0.2, 0.25) is 5.91 Å². The van der Waals surface area contributed by atoms with Crippen molar-refractivity contribution in [1.82, 2.24) is 5.32 Å². The van der Waals surface area contributed by atoms with Crippen LogP contribution in [0.5, 0.6) is 5.75 Å². The Kier molecular flexibility index (Phi) is 14.4. The number of carbonyl (C=O) groups excluding carboxylic acids is 1. The number of unbranched alkanes of at least 4 members (excludes halogenated alkanes) is 1. The van der Waals surface area contributed by atoms with E-state index in [9.17, 15) is 4.79 Å². The summed E-state index contributed by atoms with van der Waals surface area (Å²) in [5, 5.41) is 4.95. The summed E-state index contributed by atoms with van der Waals surface area (Å²) >= 11 is 3.22. The minimum Gasteiger partial charge on any atom is -0.494 e. The summed E-state index contributed by atoms with van der Waals surface area (Å²) in [6.45, 7) is 15.6. The second-order valence-electron chi connectivity index (χ2n) is 9.72. The van der Waals surface area contributed by atoms with E-state index >= 15 is 0 Å². The predicted molar refractivity (Wildman–Crippen MR) is 172 cm³/mol. The van der Waals surface area contributed by atoms with Crippen LogP contribution >= 0.6 is 23.5 Å². The zero-order valence-corrected chi connectivity index (χ0v) is 26.4. The first-order valence-corrected chi connectivity index (χ1v) is 15.7. The lowest BCUT2D eigenvalue weighted by atomic mass is 10.1. The summed E-state index contributed by atoms with van der Waals surface area (Å²) in [5.74, 6) is 0.863. The van der Waals surface area contributed by atoms with Crippen molar-refractivity contribution in [1.29, 1.82) is 0 Å². The van der Waals surface area contributed by atoms with Crippen LogP contribution in [0, 0.1) is 6.92 Å². The van der Waals surface area contributed by atoms with E-state index in [4.69, 9.17) is 10.5 Å². The van der Waals surface area contributed by atoms with E-state index in [1.54, 1.807) is 23.5 Å². The Balaban J connectivity index is 2.23. The molecule has 0 aliphatic rings. The molecule has 2 rings (SSSR count). The molecule has 0 saturated carbocycles. The highest BCUT2D eigenvalue weighted by molar-refractivity contribution is 8.11. The normalized spacial score (nSPS) is 13.1. The highest BCUT2D eigenvalue weighted by Crippen LogP contribution is 2.38. The fourth-order valence-corrected chi connectivity index (χ4v) is 5.79. The van der Waals surface area contributed by atoms with Gasteiger partial charge in [0.25, 0.3) is 0 Å². The molecule has 0 aromatic heterocycles. The Morgan fingerprint density at radius 3 is 2.28 bits per heavy atom. The molecule has 212 valence electrons. The third kappa shape index (κ3) is 10.8. The summed E-state index contributed by atoms with van der Waals surface area (Å²) in [7, 11) is 0. The average molecular weight is 567 g/mol. The number of amides is 1. The largest absolute Gasteiger partial charge is 0.494 e. The lowest BCUT2D eigenvalue weighted by Crippen LogP contribution is -2.24. The van der Waals surface area contributed by atoms with E-state index in [1.807, 2.05) is 18.2 Å². The van der Waals surface area contributed by atoms with Crippen molar-refractivity contribution in [3.8, 4) is 5.75 Å². The molecule has 2 aromatic carbocycles. The molecule has 6 heteroatoms. The predicted octanol–water partition coefficient (Wildman–Crippen LogP) is 9.35. The van der Waals surface area contributed by atoms with E-state index in [-0.39, 0.29) is 5.91 Å². The number of thioether (sulfide) groups is 2. The number of hydrogen-bond acceptors (Lipinski definition) is 5. The first-order chi connectivity index (χ1) is 18.7. The molecule has 0 saturated heterocycles. The second-order valence-corrected chi connectivity index (χ2v) is 11.9. The van der Waals surface area contributed by atoms with Gasteiger partial charge >= 0.3 is 0 Å². The Bertz CT molecular complexity index is 1180. The molecular formula is C33H46N2O2S2. The Morgan fingerprint density at radius 1 is 0.974 bits per heavy atom. The third-order valence-electron chi connectivity index (χ3n) is 6.36. The first-order valence-electron chi connectivity index (χ1n) is 14.1. The van der Waals surface area contributed by atoms with Crippen LogP contribution in [-0.2, 0) is 11.2 Å². The lowest BCUT2D eigenvalue weighted by Gasteiger charge is -2.18. The van der Waals surface area contributed by atoms with Gasteiger partial charge < -0.3 is 15.8 Å². The monoisotopic (exact) mass is 566 g/mol.